The van der Waals surface area contributed by atoms with Crippen molar-refractivity contribution in [3.8, 4) is 11.3 Å². The van der Waals surface area contributed by atoms with Crippen LogP contribution in [0.15, 0.2) is 52.2 Å². The minimum Gasteiger partial charge on any atom is -0.330 e. The summed E-state index contributed by atoms with van der Waals surface area (Å²) >= 11 is 3.92. The van der Waals surface area contributed by atoms with E-state index in [4.69, 9.17) is 0 Å². The minimum absolute atomic E-state index is 0.00841. The first-order chi connectivity index (χ1) is 15.9. The molecule has 0 radical (unpaired) electrons. The smallest absolute Gasteiger partial charge is 0.270 e. The Morgan fingerprint density at radius 3 is 2.76 bits per heavy atom. The van der Waals surface area contributed by atoms with E-state index in [9.17, 15) is 14.9 Å². The van der Waals surface area contributed by atoms with Gasteiger partial charge in [-0.05, 0) is 37.1 Å². The molecule has 4 aromatic rings. The number of thioether (sulfide) groups is 1. The Bertz CT molecular complexity index is 1320. The number of hydrogen-bond acceptors (Lipinski definition) is 10. The summed E-state index contributed by atoms with van der Waals surface area (Å²) in [6.07, 6.45) is 0. The van der Waals surface area contributed by atoms with Crippen molar-refractivity contribution in [1.82, 2.24) is 15.2 Å². The van der Waals surface area contributed by atoms with Gasteiger partial charge in [-0.25, -0.2) is 4.98 Å². The molecule has 33 heavy (non-hydrogen) atoms. The number of non-ortho nitro benzene ring substituents is 1. The van der Waals surface area contributed by atoms with Gasteiger partial charge in [0.05, 0.1) is 16.4 Å². The molecule has 0 aliphatic rings. The second kappa shape index (κ2) is 10.1. The standard InChI is InChI=1S/C21H18N6O3S3/c1-12-6-7-15(8-13(12)2)22-20-25-26-21(33-20)32-11-18(28)24-19-23-17(10-31-19)14-4-3-5-16(9-14)27(29)30/h3-10H,11H2,1-2H3,(H,22,25)(H,23,24,28). The number of benzene rings is 2. The normalized spacial score (nSPS) is 10.7. The highest BCUT2D eigenvalue weighted by Crippen LogP contribution is 2.30. The number of rotatable bonds is 8. The van der Waals surface area contributed by atoms with Gasteiger partial charge in [0, 0.05) is 28.8 Å². The Morgan fingerprint density at radius 1 is 1.12 bits per heavy atom. The first-order valence-corrected chi connectivity index (χ1v) is 12.4. The number of nitrogens with zero attached hydrogens (tertiary/aromatic N) is 4. The van der Waals surface area contributed by atoms with Gasteiger partial charge >= 0.3 is 0 Å². The van der Waals surface area contributed by atoms with Crippen LogP contribution >= 0.6 is 34.4 Å². The third kappa shape index (κ3) is 5.92. The van der Waals surface area contributed by atoms with Crippen LogP contribution < -0.4 is 10.6 Å². The van der Waals surface area contributed by atoms with E-state index in [1.807, 2.05) is 18.2 Å². The zero-order chi connectivity index (χ0) is 23.4. The summed E-state index contributed by atoms with van der Waals surface area (Å²) in [6.45, 7) is 4.11. The molecule has 0 aliphatic carbocycles. The van der Waals surface area contributed by atoms with E-state index in [-0.39, 0.29) is 17.3 Å². The lowest BCUT2D eigenvalue weighted by molar-refractivity contribution is -0.384. The summed E-state index contributed by atoms with van der Waals surface area (Å²) in [6, 6.07) is 12.3. The van der Waals surface area contributed by atoms with Crippen LogP contribution in [0.1, 0.15) is 11.1 Å². The number of nitrogens with one attached hydrogen (secondary N) is 2. The molecule has 0 saturated heterocycles. The van der Waals surface area contributed by atoms with Crippen LogP contribution in [-0.4, -0.2) is 31.8 Å². The second-order valence-corrected chi connectivity index (χ2v) is 10.0. The molecule has 4 rings (SSSR count). The number of amides is 1. The maximum absolute atomic E-state index is 12.3. The SMILES string of the molecule is Cc1ccc(Nc2nnc(SCC(=O)Nc3nc(-c4cccc([N+](=O)[O-])c4)cs3)s2)cc1C. The van der Waals surface area contributed by atoms with E-state index in [0.717, 1.165) is 5.69 Å². The van der Waals surface area contributed by atoms with Gasteiger partial charge in [-0.2, -0.15) is 0 Å². The Morgan fingerprint density at radius 2 is 1.97 bits per heavy atom. The molecule has 0 atom stereocenters. The van der Waals surface area contributed by atoms with E-state index in [1.54, 1.807) is 17.5 Å². The summed E-state index contributed by atoms with van der Waals surface area (Å²) in [7, 11) is 0. The molecule has 168 valence electrons. The number of carbonyl (C=O) groups is 1. The van der Waals surface area contributed by atoms with Crippen molar-refractivity contribution in [2.24, 2.45) is 0 Å². The number of anilines is 3. The quantitative estimate of drug-likeness (QED) is 0.181. The molecule has 0 unspecified atom stereocenters. The van der Waals surface area contributed by atoms with Crippen LogP contribution in [0.4, 0.5) is 21.6 Å². The van der Waals surface area contributed by atoms with E-state index >= 15 is 0 Å². The molecule has 2 heterocycles. The van der Waals surface area contributed by atoms with E-state index < -0.39 is 4.92 Å². The van der Waals surface area contributed by atoms with Gasteiger partial charge in [0.1, 0.15) is 0 Å². The molecule has 2 aromatic heterocycles. The first-order valence-electron chi connectivity index (χ1n) is 9.68. The lowest BCUT2D eigenvalue weighted by Crippen LogP contribution is -2.13. The predicted molar refractivity (Wildman–Crippen MR) is 133 cm³/mol. The summed E-state index contributed by atoms with van der Waals surface area (Å²) in [5, 5.41) is 28.0. The third-order valence-corrected chi connectivity index (χ3v) is 7.32. The highest BCUT2D eigenvalue weighted by atomic mass is 32.2. The number of aromatic nitrogens is 3. The third-order valence-electron chi connectivity index (χ3n) is 4.59. The molecule has 0 saturated carbocycles. The number of nitro groups is 1. The van der Waals surface area contributed by atoms with Crippen LogP contribution in [0.2, 0.25) is 0 Å². The Kier molecular flexibility index (Phi) is 6.96. The van der Waals surface area contributed by atoms with Crippen molar-refractivity contribution in [3.05, 3.63) is 69.1 Å². The zero-order valence-electron chi connectivity index (χ0n) is 17.6. The molecule has 1 amide bonds. The molecule has 0 fully saturated rings. The number of thiazole rings is 1. The monoisotopic (exact) mass is 498 g/mol. The minimum atomic E-state index is -0.452. The van der Waals surface area contributed by atoms with Crippen LogP contribution in [0.25, 0.3) is 11.3 Å². The van der Waals surface area contributed by atoms with Crippen molar-refractivity contribution in [2.75, 3.05) is 16.4 Å². The molecular weight excluding hydrogens is 480 g/mol. The van der Waals surface area contributed by atoms with Gasteiger partial charge in [0.2, 0.25) is 11.0 Å². The van der Waals surface area contributed by atoms with E-state index in [1.165, 1.54) is 57.7 Å². The lowest BCUT2D eigenvalue weighted by atomic mass is 10.1. The summed E-state index contributed by atoms with van der Waals surface area (Å²) < 4.78 is 0.674. The highest BCUT2D eigenvalue weighted by molar-refractivity contribution is 8.01. The first kappa shape index (κ1) is 22.8. The number of aryl methyl sites for hydroxylation is 2. The van der Waals surface area contributed by atoms with Crippen molar-refractivity contribution >= 4 is 62.0 Å². The average molecular weight is 499 g/mol. The Labute approximate surface area is 201 Å². The summed E-state index contributed by atoms with van der Waals surface area (Å²) in [4.78, 5) is 27.2. The van der Waals surface area contributed by atoms with Gasteiger partial charge in [-0.1, -0.05) is 41.3 Å². The number of hydrogen-bond donors (Lipinski definition) is 2. The molecular formula is C21H18N6O3S3. The van der Waals surface area contributed by atoms with Crippen LogP contribution in [-0.2, 0) is 4.79 Å². The molecule has 9 nitrogen and oxygen atoms in total. The average Bonchev–Trinajstić information content (AvgIpc) is 3.44. The van der Waals surface area contributed by atoms with Crippen molar-refractivity contribution in [3.63, 3.8) is 0 Å². The van der Waals surface area contributed by atoms with Crippen LogP contribution in [0.5, 0.6) is 0 Å². The summed E-state index contributed by atoms with van der Waals surface area (Å²) in [5.41, 5.74) is 4.52. The van der Waals surface area contributed by atoms with Crippen molar-refractivity contribution in [1.29, 1.82) is 0 Å². The number of carbonyl (C=O) groups excluding carboxylic acids is 1. The maximum atomic E-state index is 12.3. The van der Waals surface area contributed by atoms with E-state index in [0.29, 0.717) is 25.9 Å². The second-order valence-electron chi connectivity index (χ2n) is 6.98. The molecule has 0 bridgehead atoms. The van der Waals surface area contributed by atoms with Gasteiger partial charge in [-0.15, -0.1) is 21.5 Å². The molecule has 0 spiro atoms. The predicted octanol–water partition coefficient (Wildman–Crippen LogP) is 5.66. The van der Waals surface area contributed by atoms with E-state index in [2.05, 4.69) is 39.7 Å². The van der Waals surface area contributed by atoms with Gasteiger partial charge in [-0.3, -0.25) is 14.9 Å². The largest absolute Gasteiger partial charge is 0.330 e. The van der Waals surface area contributed by atoms with Crippen LogP contribution in [0.3, 0.4) is 0 Å². The fraction of sp³-hybridized carbons (Fsp3) is 0.143. The van der Waals surface area contributed by atoms with Crippen molar-refractivity contribution < 1.29 is 9.72 Å². The fourth-order valence-corrected chi connectivity index (χ4v) is 5.09. The number of nitro benzene ring substituents is 1. The van der Waals surface area contributed by atoms with Crippen LogP contribution in [0, 0.1) is 24.0 Å². The van der Waals surface area contributed by atoms with Gasteiger partial charge < -0.3 is 10.6 Å². The fourth-order valence-electron chi connectivity index (χ4n) is 2.79. The topological polar surface area (TPSA) is 123 Å². The molecule has 12 heteroatoms. The molecule has 2 N–H and O–H groups in total. The lowest BCUT2D eigenvalue weighted by Gasteiger charge is -2.05. The zero-order valence-corrected chi connectivity index (χ0v) is 20.0. The maximum Gasteiger partial charge on any atom is 0.270 e. The molecule has 0 aliphatic heterocycles. The Hall–Kier alpha value is -3.35. The van der Waals surface area contributed by atoms with Crippen molar-refractivity contribution in [2.45, 2.75) is 18.2 Å². The summed E-state index contributed by atoms with van der Waals surface area (Å²) in [5.74, 6) is -0.0666. The highest BCUT2D eigenvalue weighted by Gasteiger charge is 2.13. The Balaban J connectivity index is 1.31. The van der Waals surface area contributed by atoms with Gasteiger partial charge in [0.15, 0.2) is 9.47 Å². The molecule has 2 aromatic carbocycles. The van der Waals surface area contributed by atoms with Gasteiger partial charge in [0.25, 0.3) is 5.69 Å².